The van der Waals surface area contributed by atoms with Crippen LogP contribution in [0.4, 0.5) is 5.69 Å². The van der Waals surface area contributed by atoms with Gasteiger partial charge in [0.25, 0.3) is 0 Å². The van der Waals surface area contributed by atoms with Crippen LogP contribution in [0.3, 0.4) is 0 Å². The number of aryl methyl sites for hydroxylation is 1. The lowest BCUT2D eigenvalue weighted by molar-refractivity contribution is 0.636. The van der Waals surface area contributed by atoms with Crippen LogP contribution in [0.25, 0.3) is 10.9 Å². The molecule has 0 bridgehead atoms. The molecular formula is C19H19BrN2. The van der Waals surface area contributed by atoms with Crippen molar-refractivity contribution in [3.05, 3.63) is 64.3 Å². The number of fused-ring (bicyclic) bond motifs is 3. The first-order valence-corrected chi connectivity index (χ1v) is 8.72. The number of benzene rings is 2. The number of rotatable bonds is 2. The van der Waals surface area contributed by atoms with Gasteiger partial charge in [-0.25, -0.2) is 0 Å². The van der Waals surface area contributed by atoms with E-state index in [9.17, 15) is 0 Å². The summed E-state index contributed by atoms with van der Waals surface area (Å²) in [6.45, 7) is 0. The largest absolute Gasteiger partial charge is 0.377 e. The Hall–Kier alpha value is -1.74. The first-order chi connectivity index (χ1) is 10.8. The van der Waals surface area contributed by atoms with E-state index in [-0.39, 0.29) is 0 Å². The highest BCUT2D eigenvalue weighted by atomic mass is 79.9. The predicted molar refractivity (Wildman–Crippen MR) is 96.4 cm³/mol. The van der Waals surface area contributed by atoms with Gasteiger partial charge in [0.2, 0.25) is 0 Å². The molecule has 3 aromatic rings. The molecule has 1 unspecified atom stereocenters. The van der Waals surface area contributed by atoms with Crippen molar-refractivity contribution in [2.75, 3.05) is 5.32 Å². The van der Waals surface area contributed by atoms with E-state index in [1.165, 1.54) is 53.5 Å². The number of aromatic nitrogens is 1. The number of para-hydroxylation sites is 1. The minimum absolute atomic E-state index is 0.367. The van der Waals surface area contributed by atoms with Crippen LogP contribution >= 0.6 is 15.9 Å². The zero-order valence-corrected chi connectivity index (χ0v) is 14.0. The Morgan fingerprint density at radius 1 is 1.05 bits per heavy atom. The Morgan fingerprint density at radius 2 is 1.91 bits per heavy atom. The Morgan fingerprint density at radius 3 is 2.77 bits per heavy atom. The van der Waals surface area contributed by atoms with Crippen LogP contribution < -0.4 is 5.32 Å². The monoisotopic (exact) mass is 354 g/mol. The minimum Gasteiger partial charge on any atom is -0.377 e. The van der Waals surface area contributed by atoms with E-state index in [1.54, 1.807) is 0 Å². The molecular weight excluding hydrogens is 336 g/mol. The molecule has 0 aliphatic heterocycles. The molecule has 1 aromatic heterocycles. The molecule has 0 spiro atoms. The fourth-order valence-corrected chi connectivity index (χ4v) is 3.84. The van der Waals surface area contributed by atoms with Gasteiger partial charge in [0.15, 0.2) is 0 Å². The number of halogens is 1. The van der Waals surface area contributed by atoms with Gasteiger partial charge in [-0.15, -0.1) is 0 Å². The van der Waals surface area contributed by atoms with Crippen molar-refractivity contribution in [2.24, 2.45) is 0 Å². The maximum absolute atomic E-state index is 3.71. The summed E-state index contributed by atoms with van der Waals surface area (Å²) in [5.41, 5.74) is 5.30. The molecule has 3 heteroatoms. The molecule has 0 saturated carbocycles. The SMILES string of the molecule is Brc1ccc2[nH]c3c(c2c1)CCCCC3Nc1ccccc1. The maximum atomic E-state index is 3.71. The van der Waals surface area contributed by atoms with Crippen molar-refractivity contribution in [3.63, 3.8) is 0 Å². The van der Waals surface area contributed by atoms with Crippen LogP contribution in [-0.4, -0.2) is 4.98 Å². The Kier molecular flexibility index (Phi) is 3.67. The van der Waals surface area contributed by atoms with Crippen molar-refractivity contribution in [3.8, 4) is 0 Å². The third-order valence-electron chi connectivity index (χ3n) is 4.53. The smallest absolute Gasteiger partial charge is 0.0666 e. The molecule has 1 aliphatic carbocycles. The highest BCUT2D eigenvalue weighted by molar-refractivity contribution is 9.10. The average molecular weight is 355 g/mol. The standard InChI is InChI=1S/C19H19BrN2/c20-13-10-11-17-16(12-13)15-8-4-5-9-18(19(15)22-17)21-14-6-2-1-3-7-14/h1-3,6-7,10-12,18,21-22H,4-5,8-9H2. The summed E-state index contributed by atoms with van der Waals surface area (Å²) in [4.78, 5) is 3.67. The summed E-state index contributed by atoms with van der Waals surface area (Å²) in [7, 11) is 0. The van der Waals surface area contributed by atoms with Crippen LogP contribution in [0.2, 0.25) is 0 Å². The summed E-state index contributed by atoms with van der Waals surface area (Å²) in [5, 5.41) is 5.08. The second kappa shape index (κ2) is 5.81. The van der Waals surface area contributed by atoms with Crippen molar-refractivity contribution in [2.45, 2.75) is 31.7 Å². The number of nitrogens with one attached hydrogen (secondary N) is 2. The summed E-state index contributed by atoms with van der Waals surface area (Å²) in [5.74, 6) is 0. The van der Waals surface area contributed by atoms with Gasteiger partial charge in [-0.1, -0.05) is 40.5 Å². The lowest BCUT2D eigenvalue weighted by atomic mass is 10.0. The molecule has 112 valence electrons. The van der Waals surface area contributed by atoms with Crippen molar-refractivity contribution < 1.29 is 0 Å². The maximum Gasteiger partial charge on any atom is 0.0666 e. The second-order valence-electron chi connectivity index (χ2n) is 6.02. The van der Waals surface area contributed by atoms with Crippen LogP contribution in [-0.2, 0) is 6.42 Å². The van der Waals surface area contributed by atoms with Gasteiger partial charge in [-0.05, 0) is 55.2 Å². The quantitative estimate of drug-likeness (QED) is 0.558. The van der Waals surface area contributed by atoms with Crippen LogP contribution in [0.5, 0.6) is 0 Å². The van der Waals surface area contributed by atoms with Crippen molar-refractivity contribution in [1.82, 2.24) is 4.98 Å². The lowest BCUT2D eigenvalue weighted by Gasteiger charge is -2.18. The predicted octanol–water partition coefficient (Wildman–Crippen LogP) is 5.81. The fraction of sp³-hybridized carbons (Fsp3) is 0.263. The normalized spacial score (nSPS) is 18.0. The Bertz CT molecular complexity index is 792. The average Bonchev–Trinajstić information content (AvgIpc) is 2.77. The fourth-order valence-electron chi connectivity index (χ4n) is 3.48. The second-order valence-corrected chi connectivity index (χ2v) is 6.93. The molecule has 22 heavy (non-hydrogen) atoms. The number of hydrogen-bond acceptors (Lipinski definition) is 1. The molecule has 2 nitrogen and oxygen atoms in total. The van der Waals surface area contributed by atoms with Gasteiger partial charge in [0.05, 0.1) is 6.04 Å². The molecule has 1 heterocycles. The van der Waals surface area contributed by atoms with E-state index in [2.05, 4.69) is 74.8 Å². The van der Waals surface area contributed by atoms with Gasteiger partial charge in [0, 0.05) is 26.8 Å². The number of hydrogen-bond donors (Lipinski definition) is 2. The van der Waals surface area contributed by atoms with Crippen molar-refractivity contribution in [1.29, 1.82) is 0 Å². The van der Waals surface area contributed by atoms with Gasteiger partial charge < -0.3 is 10.3 Å². The van der Waals surface area contributed by atoms with Crippen LogP contribution in [0.15, 0.2) is 53.0 Å². The highest BCUT2D eigenvalue weighted by Gasteiger charge is 2.22. The summed E-state index contributed by atoms with van der Waals surface area (Å²) in [6, 6.07) is 17.4. The van der Waals surface area contributed by atoms with E-state index in [1.807, 2.05) is 0 Å². The molecule has 1 atom stereocenters. The first kappa shape index (κ1) is 13.9. The Labute approximate surface area is 139 Å². The molecule has 0 fully saturated rings. The first-order valence-electron chi connectivity index (χ1n) is 7.93. The zero-order chi connectivity index (χ0) is 14.9. The van der Waals surface area contributed by atoms with Crippen LogP contribution in [0.1, 0.15) is 36.6 Å². The van der Waals surface area contributed by atoms with E-state index in [4.69, 9.17) is 0 Å². The van der Waals surface area contributed by atoms with E-state index in [0.717, 1.165) is 4.47 Å². The van der Waals surface area contributed by atoms with Crippen molar-refractivity contribution >= 4 is 32.5 Å². The molecule has 4 rings (SSSR count). The number of H-pyrrole nitrogens is 1. The summed E-state index contributed by atoms with van der Waals surface area (Å²) in [6.07, 6.45) is 4.87. The van der Waals surface area contributed by atoms with E-state index < -0.39 is 0 Å². The molecule has 0 saturated heterocycles. The third kappa shape index (κ3) is 2.54. The van der Waals surface area contributed by atoms with Gasteiger partial charge in [0.1, 0.15) is 0 Å². The molecule has 1 aliphatic rings. The van der Waals surface area contributed by atoms with Gasteiger partial charge in [-0.2, -0.15) is 0 Å². The Balaban J connectivity index is 1.77. The number of anilines is 1. The molecule has 0 radical (unpaired) electrons. The van der Waals surface area contributed by atoms with E-state index in [0.29, 0.717) is 6.04 Å². The topological polar surface area (TPSA) is 27.8 Å². The minimum atomic E-state index is 0.367. The molecule has 2 aromatic carbocycles. The molecule has 2 N–H and O–H groups in total. The third-order valence-corrected chi connectivity index (χ3v) is 5.03. The highest BCUT2D eigenvalue weighted by Crippen LogP contribution is 2.36. The van der Waals surface area contributed by atoms with E-state index >= 15 is 0 Å². The molecule has 0 amide bonds. The zero-order valence-electron chi connectivity index (χ0n) is 12.4. The summed E-state index contributed by atoms with van der Waals surface area (Å²) < 4.78 is 1.15. The lowest BCUT2D eigenvalue weighted by Crippen LogP contribution is -2.11. The summed E-state index contributed by atoms with van der Waals surface area (Å²) >= 11 is 3.60. The number of aromatic amines is 1. The van der Waals surface area contributed by atoms with Gasteiger partial charge in [-0.3, -0.25) is 0 Å². The van der Waals surface area contributed by atoms with Crippen LogP contribution in [0, 0.1) is 0 Å². The van der Waals surface area contributed by atoms with Gasteiger partial charge >= 0.3 is 0 Å².